The first-order chi connectivity index (χ1) is 12.2. The van der Waals surface area contributed by atoms with Crippen LogP contribution in [0.2, 0.25) is 0 Å². The minimum atomic E-state index is -0.216. The largest absolute Gasteiger partial charge is 0.393 e. The van der Waals surface area contributed by atoms with E-state index in [0.717, 1.165) is 42.6 Å². The molecule has 2 N–H and O–H groups in total. The maximum atomic E-state index is 12.5. The highest BCUT2D eigenvalue weighted by Crippen LogP contribution is 2.20. The van der Waals surface area contributed by atoms with Crippen LogP contribution in [0.5, 0.6) is 0 Å². The molecular formula is C20H21N3O2. The van der Waals surface area contributed by atoms with Gasteiger partial charge in [0.05, 0.1) is 17.4 Å². The number of amides is 1. The standard InChI is InChI=1S/C20H21N3O2/c24-17-9-7-16(8-10-17)21-20(25)15-6-11-19-22-18(13-23(19)12-15)14-4-2-1-3-5-14/h1-6,11-13,16-17,24H,7-10H2,(H,21,25). The van der Waals surface area contributed by atoms with Crippen LogP contribution in [0.25, 0.3) is 16.9 Å². The number of hydrogen-bond acceptors (Lipinski definition) is 3. The van der Waals surface area contributed by atoms with E-state index in [1.165, 1.54) is 0 Å². The van der Waals surface area contributed by atoms with E-state index < -0.39 is 0 Å². The molecule has 1 aliphatic carbocycles. The molecule has 3 aromatic rings. The third-order valence-corrected chi connectivity index (χ3v) is 4.81. The smallest absolute Gasteiger partial charge is 0.252 e. The number of pyridine rings is 1. The highest BCUT2D eigenvalue weighted by Gasteiger charge is 2.21. The van der Waals surface area contributed by atoms with Gasteiger partial charge in [0.2, 0.25) is 0 Å². The summed E-state index contributed by atoms with van der Waals surface area (Å²) in [6.07, 6.45) is 6.72. The Morgan fingerprint density at radius 2 is 1.80 bits per heavy atom. The molecule has 25 heavy (non-hydrogen) atoms. The van der Waals surface area contributed by atoms with Crippen LogP contribution in [0.1, 0.15) is 36.0 Å². The Morgan fingerprint density at radius 3 is 2.56 bits per heavy atom. The van der Waals surface area contributed by atoms with E-state index in [9.17, 15) is 9.90 Å². The van der Waals surface area contributed by atoms with E-state index in [2.05, 4.69) is 10.3 Å². The van der Waals surface area contributed by atoms with Crippen molar-refractivity contribution in [2.75, 3.05) is 0 Å². The molecule has 0 radical (unpaired) electrons. The fraction of sp³-hybridized carbons (Fsp3) is 0.300. The van der Waals surface area contributed by atoms with Crippen molar-refractivity contribution in [1.29, 1.82) is 0 Å². The molecule has 0 aliphatic heterocycles. The maximum absolute atomic E-state index is 12.5. The maximum Gasteiger partial charge on any atom is 0.252 e. The first-order valence-electron chi connectivity index (χ1n) is 8.72. The van der Waals surface area contributed by atoms with Crippen LogP contribution >= 0.6 is 0 Å². The van der Waals surface area contributed by atoms with Gasteiger partial charge in [-0.2, -0.15) is 0 Å². The fourth-order valence-electron chi connectivity index (χ4n) is 3.36. The molecule has 128 valence electrons. The monoisotopic (exact) mass is 335 g/mol. The molecule has 1 aromatic carbocycles. The summed E-state index contributed by atoms with van der Waals surface area (Å²) in [6.45, 7) is 0. The highest BCUT2D eigenvalue weighted by molar-refractivity contribution is 5.94. The molecule has 0 saturated heterocycles. The summed E-state index contributed by atoms with van der Waals surface area (Å²) in [6, 6.07) is 13.8. The molecule has 1 amide bonds. The van der Waals surface area contributed by atoms with Crippen molar-refractivity contribution < 1.29 is 9.90 Å². The number of fused-ring (bicyclic) bond motifs is 1. The number of imidazole rings is 1. The summed E-state index contributed by atoms with van der Waals surface area (Å²) in [7, 11) is 0. The van der Waals surface area contributed by atoms with Crippen LogP contribution < -0.4 is 5.32 Å². The second kappa shape index (κ2) is 6.69. The first-order valence-corrected chi connectivity index (χ1v) is 8.72. The summed E-state index contributed by atoms with van der Waals surface area (Å²) < 4.78 is 1.89. The van der Waals surface area contributed by atoms with Gasteiger partial charge in [-0.05, 0) is 37.8 Å². The van der Waals surface area contributed by atoms with E-state index >= 15 is 0 Å². The van der Waals surface area contributed by atoms with Gasteiger partial charge in [-0.25, -0.2) is 4.98 Å². The number of aromatic nitrogens is 2. The highest BCUT2D eigenvalue weighted by atomic mass is 16.3. The van der Waals surface area contributed by atoms with Gasteiger partial charge in [-0.15, -0.1) is 0 Å². The molecule has 0 spiro atoms. The van der Waals surface area contributed by atoms with Crippen molar-refractivity contribution >= 4 is 11.6 Å². The van der Waals surface area contributed by atoms with Crippen molar-refractivity contribution in [1.82, 2.24) is 14.7 Å². The summed E-state index contributed by atoms with van der Waals surface area (Å²) in [4.78, 5) is 17.1. The number of aliphatic hydroxyl groups excluding tert-OH is 1. The lowest BCUT2D eigenvalue weighted by molar-refractivity contribution is 0.0867. The second-order valence-corrected chi connectivity index (χ2v) is 6.65. The predicted octanol–water partition coefficient (Wildman–Crippen LogP) is 3.03. The Labute approximate surface area is 146 Å². The van der Waals surface area contributed by atoms with Crippen molar-refractivity contribution in [3.63, 3.8) is 0 Å². The topological polar surface area (TPSA) is 66.6 Å². The molecule has 1 saturated carbocycles. The lowest BCUT2D eigenvalue weighted by atomic mass is 9.93. The van der Waals surface area contributed by atoms with Crippen molar-refractivity contribution in [3.8, 4) is 11.3 Å². The molecule has 0 unspecified atom stereocenters. The van der Waals surface area contributed by atoms with Crippen LogP contribution in [-0.4, -0.2) is 32.5 Å². The number of carbonyl (C=O) groups excluding carboxylic acids is 1. The molecule has 0 atom stereocenters. The van der Waals surface area contributed by atoms with Gasteiger partial charge in [0.15, 0.2) is 0 Å². The Kier molecular flexibility index (Phi) is 4.24. The third-order valence-electron chi connectivity index (χ3n) is 4.81. The molecule has 2 heterocycles. The van der Waals surface area contributed by atoms with Gasteiger partial charge < -0.3 is 14.8 Å². The lowest BCUT2D eigenvalue weighted by Gasteiger charge is -2.26. The minimum absolute atomic E-state index is 0.0711. The van der Waals surface area contributed by atoms with Crippen molar-refractivity contribution in [3.05, 3.63) is 60.4 Å². The first kappa shape index (κ1) is 15.8. The van der Waals surface area contributed by atoms with Crippen LogP contribution in [0, 0.1) is 0 Å². The van der Waals surface area contributed by atoms with Gasteiger partial charge in [0, 0.05) is 24.0 Å². The number of nitrogens with one attached hydrogen (secondary N) is 1. The average molecular weight is 335 g/mol. The van der Waals surface area contributed by atoms with Crippen LogP contribution in [0.15, 0.2) is 54.9 Å². The third kappa shape index (κ3) is 3.42. The number of carbonyl (C=O) groups is 1. The van der Waals surface area contributed by atoms with Crippen molar-refractivity contribution in [2.45, 2.75) is 37.8 Å². The Balaban J connectivity index is 1.53. The molecule has 2 aromatic heterocycles. The van der Waals surface area contributed by atoms with E-state index in [1.54, 1.807) is 0 Å². The van der Waals surface area contributed by atoms with Crippen LogP contribution in [0.3, 0.4) is 0 Å². The zero-order valence-electron chi connectivity index (χ0n) is 13.9. The SMILES string of the molecule is O=C(NC1CCC(O)CC1)c1ccc2nc(-c3ccccc3)cn2c1. The van der Waals surface area contributed by atoms with Gasteiger partial charge in [-0.1, -0.05) is 30.3 Å². The number of benzene rings is 1. The summed E-state index contributed by atoms with van der Waals surface area (Å²) in [5.74, 6) is -0.0711. The van der Waals surface area contributed by atoms with Crippen LogP contribution in [0.4, 0.5) is 0 Å². The van der Waals surface area contributed by atoms with Crippen molar-refractivity contribution in [2.24, 2.45) is 0 Å². The summed E-state index contributed by atoms with van der Waals surface area (Å²) in [5.41, 5.74) is 3.38. The van der Waals surface area contributed by atoms with Gasteiger partial charge >= 0.3 is 0 Å². The van der Waals surface area contributed by atoms with Gasteiger partial charge in [0.25, 0.3) is 5.91 Å². The van der Waals surface area contributed by atoms with E-state index in [1.807, 2.05) is 59.3 Å². The predicted molar refractivity (Wildman–Crippen MR) is 96.4 cm³/mol. The van der Waals surface area contributed by atoms with E-state index in [0.29, 0.717) is 5.56 Å². The molecule has 5 nitrogen and oxygen atoms in total. The zero-order valence-corrected chi connectivity index (χ0v) is 13.9. The van der Waals surface area contributed by atoms with E-state index in [-0.39, 0.29) is 18.1 Å². The van der Waals surface area contributed by atoms with Gasteiger partial charge in [-0.3, -0.25) is 4.79 Å². The Morgan fingerprint density at radius 1 is 1.04 bits per heavy atom. The Bertz CT molecular complexity index is 880. The Hall–Kier alpha value is -2.66. The quantitative estimate of drug-likeness (QED) is 0.773. The molecule has 1 aliphatic rings. The molecule has 4 rings (SSSR count). The number of aliphatic hydroxyl groups is 1. The van der Waals surface area contributed by atoms with Crippen LogP contribution in [-0.2, 0) is 0 Å². The molecule has 1 fully saturated rings. The van der Waals surface area contributed by atoms with E-state index in [4.69, 9.17) is 0 Å². The lowest BCUT2D eigenvalue weighted by Crippen LogP contribution is -2.38. The number of hydrogen-bond donors (Lipinski definition) is 2. The fourth-order valence-corrected chi connectivity index (χ4v) is 3.36. The normalized spacial score (nSPS) is 20.5. The minimum Gasteiger partial charge on any atom is -0.393 e. The molecule has 5 heteroatoms. The summed E-state index contributed by atoms with van der Waals surface area (Å²) >= 11 is 0. The zero-order chi connectivity index (χ0) is 17.2. The van der Waals surface area contributed by atoms with Gasteiger partial charge in [0.1, 0.15) is 5.65 Å². The number of nitrogens with zero attached hydrogens (tertiary/aromatic N) is 2. The molecular weight excluding hydrogens is 314 g/mol. The molecule has 0 bridgehead atoms. The number of rotatable bonds is 3. The average Bonchev–Trinajstić information content (AvgIpc) is 3.07. The summed E-state index contributed by atoms with van der Waals surface area (Å²) in [5, 5.41) is 12.6. The second-order valence-electron chi connectivity index (χ2n) is 6.65.